The van der Waals surface area contributed by atoms with Crippen molar-refractivity contribution in [3.8, 4) is 0 Å². The van der Waals surface area contributed by atoms with Crippen LogP contribution in [0.2, 0.25) is 25.7 Å². The Morgan fingerprint density at radius 1 is 1.24 bits per heavy atom. The number of aromatic nitrogens is 3. The molecule has 3 rings (SSSR count). The molecule has 29 heavy (non-hydrogen) atoms. The molecule has 0 saturated heterocycles. The van der Waals surface area contributed by atoms with Crippen LogP contribution < -0.4 is 5.32 Å². The van der Waals surface area contributed by atoms with E-state index in [1.54, 1.807) is 6.33 Å². The monoisotopic (exact) mass is 418 g/mol. The van der Waals surface area contributed by atoms with Crippen LogP contribution in [-0.4, -0.2) is 46.0 Å². The number of hydrogen-bond donors (Lipinski definition) is 2. The van der Waals surface area contributed by atoms with Crippen LogP contribution in [-0.2, 0) is 11.5 Å². The average Bonchev–Trinajstić information content (AvgIpc) is 3.03. The number of fused-ring (bicyclic) bond motifs is 1. The molecule has 2 aromatic rings. The maximum absolute atomic E-state index is 11.0. The number of aliphatic hydroxyl groups is 1. The van der Waals surface area contributed by atoms with Crippen molar-refractivity contribution >= 4 is 24.9 Å². The number of hydrogen-bond acceptors (Lipinski definition) is 5. The molecule has 2 aromatic heterocycles. The SMILES string of the molecule is CC(C)(C)C1(O)CCC(Nc2ncnc3c2ccn3COCC[Si](C)(C)C)CC1. The van der Waals surface area contributed by atoms with Gasteiger partial charge in [-0.1, -0.05) is 40.4 Å². The molecule has 1 saturated carbocycles. The Kier molecular flexibility index (Phi) is 6.41. The van der Waals surface area contributed by atoms with Gasteiger partial charge in [0.25, 0.3) is 0 Å². The number of ether oxygens (including phenoxy) is 1. The molecular formula is C22H38N4O2Si. The maximum Gasteiger partial charge on any atom is 0.147 e. The minimum Gasteiger partial charge on any atom is -0.389 e. The van der Waals surface area contributed by atoms with Crippen molar-refractivity contribution in [1.82, 2.24) is 14.5 Å². The molecule has 0 aliphatic heterocycles. The summed E-state index contributed by atoms with van der Waals surface area (Å²) < 4.78 is 7.94. The summed E-state index contributed by atoms with van der Waals surface area (Å²) in [6.07, 6.45) is 7.16. The van der Waals surface area contributed by atoms with E-state index in [1.165, 1.54) is 0 Å². The van der Waals surface area contributed by atoms with Gasteiger partial charge in [-0.3, -0.25) is 0 Å². The van der Waals surface area contributed by atoms with Crippen LogP contribution >= 0.6 is 0 Å². The van der Waals surface area contributed by atoms with Crippen molar-refractivity contribution in [1.29, 1.82) is 0 Å². The molecule has 0 radical (unpaired) electrons. The molecule has 6 nitrogen and oxygen atoms in total. The molecular weight excluding hydrogens is 380 g/mol. The van der Waals surface area contributed by atoms with Crippen molar-refractivity contribution in [2.75, 3.05) is 11.9 Å². The quantitative estimate of drug-likeness (QED) is 0.495. The highest BCUT2D eigenvalue weighted by molar-refractivity contribution is 6.76. The van der Waals surface area contributed by atoms with Crippen LogP contribution in [0.3, 0.4) is 0 Å². The lowest BCUT2D eigenvalue weighted by Crippen LogP contribution is -2.47. The molecule has 0 bridgehead atoms. The van der Waals surface area contributed by atoms with Gasteiger partial charge in [0, 0.05) is 26.9 Å². The topological polar surface area (TPSA) is 72.2 Å². The largest absolute Gasteiger partial charge is 0.389 e. The standard InChI is InChI=1S/C22H38N4O2Si/c1-21(2,3)22(27)10-7-17(8-11-22)25-19-18-9-12-26(20(18)24-15-23-19)16-28-13-14-29(4,5)6/h9,12,15,17,27H,7-8,10-11,13-14,16H2,1-6H3,(H,23,24,25). The van der Waals surface area contributed by atoms with Gasteiger partial charge in [0.15, 0.2) is 0 Å². The number of anilines is 1. The Morgan fingerprint density at radius 3 is 2.55 bits per heavy atom. The highest BCUT2D eigenvalue weighted by Crippen LogP contribution is 2.42. The fraction of sp³-hybridized carbons (Fsp3) is 0.727. The minimum atomic E-state index is -1.08. The van der Waals surface area contributed by atoms with E-state index >= 15 is 0 Å². The number of nitrogens with one attached hydrogen (secondary N) is 1. The Hall–Kier alpha value is -1.44. The third kappa shape index (κ3) is 5.38. The van der Waals surface area contributed by atoms with Crippen LogP contribution in [0.15, 0.2) is 18.6 Å². The lowest BCUT2D eigenvalue weighted by molar-refractivity contribution is -0.0860. The molecule has 0 unspecified atom stereocenters. The van der Waals surface area contributed by atoms with Crippen molar-refractivity contribution in [3.05, 3.63) is 18.6 Å². The molecule has 0 atom stereocenters. The van der Waals surface area contributed by atoms with Gasteiger partial charge in [0.05, 0.1) is 11.0 Å². The number of nitrogens with zero attached hydrogens (tertiary/aromatic N) is 3. The predicted molar refractivity (Wildman–Crippen MR) is 122 cm³/mol. The van der Waals surface area contributed by atoms with Crippen molar-refractivity contribution < 1.29 is 9.84 Å². The van der Waals surface area contributed by atoms with Gasteiger partial charge >= 0.3 is 0 Å². The van der Waals surface area contributed by atoms with E-state index in [1.807, 2.05) is 10.8 Å². The van der Waals surface area contributed by atoms with Gasteiger partial charge in [0.1, 0.15) is 24.5 Å². The van der Waals surface area contributed by atoms with Gasteiger partial charge in [-0.15, -0.1) is 0 Å². The Labute approximate surface area is 176 Å². The van der Waals surface area contributed by atoms with Gasteiger partial charge in [-0.2, -0.15) is 0 Å². The first-order chi connectivity index (χ1) is 13.5. The molecule has 0 aromatic carbocycles. The van der Waals surface area contributed by atoms with Crippen molar-refractivity contribution in [3.63, 3.8) is 0 Å². The Balaban J connectivity index is 1.62. The molecule has 0 amide bonds. The minimum absolute atomic E-state index is 0.0904. The summed E-state index contributed by atoms with van der Waals surface area (Å²) in [4.78, 5) is 8.97. The third-order valence-corrected chi connectivity index (χ3v) is 8.04. The zero-order valence-corrected chi connectivity index (χ0v) is 20.0. The third-order valence-electron chi connectivity index (χ3n) is 6.33. The second kappa shape index (κ2) is 8.36. The summed E-state index contributed by atoms with van der Waals surface area (Å²) in [7, 11) is -1.08. The molecule has 0 spiro atoms. The fourth-order valence-electron chi connectivity index (χ4n) is 3.95. The van der Waals surface area contributed by atoms with Gasteiger partial charge in [-0.25, -0.2) is 9.97 Å². The second-order valence-corrected chi connectivity index (χ2v) is 16.4. The van der Waals surface area contributed by atoms with Gasteiger partial charge in [-0.05, 0) is 43.2 Å². The van der Waals surface area contributed by atoms with E-state index in [-0.39, 0.29) is 5.41 Å². The molecule has 1 aliphatic rings. The van der Waals surface area contributed by atoms with Crippen LogP contribution in [0, 0.1) is 5.41 Å². The highest BCUT2D eigenvalue weighted by Gasteiger charge is 2.42. The first-order valence-corrected chi connectivity index (χ1v) is 14.6. The van der Waals surface area contributed by atoms with E-state index in [9.17, 15) is 5.11 Å². The van der Waals surface area contributed by atoms with Gasteiger partial charge < -0.3 is 19.7 Å². The summed E-state index contributed by atoms with van der Waals surface area (Å²) in [6.45, 7) is 14.8. The van der Waals surface area contributed by atoms with E-state index < -0.39 is 13.7 Å². The van der Waals surface area contributed by atoms with E-state index in [2.05, 4.69) is 61.8 Å². The zero-order chi connectivity index (χ0) is 21.3. The molecule has 7 heteroatoms. The Morgan fingerprint density at radius 2 is 1.93 bits per heavy atom. The Bertz CT molecular complexity index is 814. The van der Waals surface area contributed by atoms with E-state index in [4.69, 9.17) is 4.74 Å². The van der Waals surface area contributed by atoms with E-state index in [0.717, 1.165) is 55.2 Å². The summed E-state index contributed by atoms with van der Waals surface area (Å²) in [5.41, 5.74) is 0.229. The van der Waals surface area contributed by atoms with Crippen LogP contribution in [0.4, 0.5) is 5.82 Å². The highest BCUT2D eigenvalue weighted by atomic mass is 28.3. The number of rotatable bonds is 7. The summed E-state index contributed by atoms with van der Waals surface area (Å²) in [5, 5.41) is 15.6. The maximum atomic E-state index is 11.0. The molecule has 2 heterocycles. The fourth-order valence-corrected chi connectivity index (χ4v) is 4.70. The van der Waals surface area contributed by atoms with Crippen molar-refractivity contribution in [2.45, 2.75) is 90.5 Å². The molecule has 1 fully saturated rings. The summed E-state index contributed by atoms with van der Waals surface area (Å²) in [6, 6.07) is 3.55. The van der Waals surface area contributed by atoms with E-state index in [0.29, 0.717) is 12.8 Å². The lowest BCUT2D eigenvalue weighted by atomic mass is 9.67. The molecule has 2 N–H and O–H groups in total. The first kappa shape index (κ1) is 22.2. The smallest absolute Gasteiger partial charge is 0.147 e. The van der Waals surface area contributed by atoms with Gasteiger partial charge in [0.2, 0.25) is 0 Å². The van der Waals surface area contributed by atoms with Crippen LogP contribution in [0.5, 0.6) is 0 Å². The van der Waals surface area contributed by atoms with Crippen molar-refractivity contribution in [2.24, 2.45) is 5.41 Å². The first-order valence-electron chi connectivity index (χ1n) is 10.9. The average molecular weight is 419 g/mol. The molecule has 1 aliphatic carbocycles. The predicted octanol–water partition coefficient (Wildman–Crippen LogP) is 4.88. The molecule has 162 valence electrons. The van der Waals surface area contributed by atoms with Crippen LogP contribution in [0.25, 0.3) is 11.0 Å². The zero-order valence-electron chi connectivity index (χ0n) is 19.0. The normalized spacial score (nSPS) is 23.5. The summed E-state index contributed by atoms with van der Waals surface area (Å²) in [5.74, 6) is 0.877. The summed E-state index contributed by atoms with van der Waals surface area (Å²) >= 11 is 0. The van der Waals surface area contributed by atoms with Crippen LogP contribution in [0.1, 0.15) is 46.5 Å². The second-order valence-electron chi connectivity index (χ2n) is 10.8. The lowest BCUT2D eigenvalue weighted by Gasteiger charge is -2.45.